The number of methoxy groups -OCH3 is 1. The number of rotatable bonds is 6. The Morgan fingerprint density at radius 3 is 2.30 bits per heavy atom. The van der Waals surface area contributed by atoms with E-state index in [0.29, 0.717) is 11.3 Å². The zero-order valence-corrected chi connectivity index (χ0v) is 17.4. The molecule has 1 fully saturated rings. The number of hydrogen-bond donors (Lipinski definition) is 0. The van der Waals surface area contributed by atoms with Gasteiger partial charge in [0.1, 0.15) is 11.5 Å². The average Bonchev–Trinajstić information content (AvgIpc) is 3.25. The molecule has 2 amide bonds. The van der Waals surface area contributed by atoms with Crippen LogP contribution in [0, 0.1) is 0 Å². The first-order valence-corrected chi connectivity index (χ1v) is 10.9. The Hall–Kier alpha value is -3.15. The van der Waals surface area contributed by atoms with Gasteiger partial charge in [-0.1, -0.05) is 5.10 Å². The van der Waals surface area contributed by atoms with Crippen molar-refractivity contribution in [3.63, 3.8) is 0 Å². The SMILES string of the molecule is CCOC(=O)N1CCN(C(=O)CS(=O)(=O)c2nnc(-c3ccc(OC)cc3)o2)CC1. The first kappa shape index (κ1) is 21.6. The third-order valence-electron chi connectivity index (χ3n) is 4.48. The minimum absolute atomic E-state index is 0.0201. The summed E-state index contributed by atoms with van der Waals surface area (Å²) in [6.07, 6.45) is -0.450. The lowest BCUT2D eigenvalue weighted by atomic mass is 10.2. The first-order valence-electron chi connectivity index (χ1n) is 9.24. The molecule has 11 nitrogen and oxygen atoms in total. The number of ether oxygens (including phenoxy) is 2. The summed E-state index contributed by atoms with van der Waals surface area (Å²) in [5.74, 6) is -0.745. The summed E-state index contributed by atoms with van der Waals surface area (Å²) in [6.45, 7) is 2.95. The molecule has 1 aliphatic rings. The van der Waals surface area contributed by atoms with E-state index in [1.807, 2.05) is 0 Å². The lowest BCUT2D eigenvalue weighted by molar-refractivity contribution is -0.130. The molecule has 30 heavy (non-hydrogen) atoms. The number of amides is 2. The first-order chi connectivity index (χ1) is 14.3. The highest BCUT2D eigenvalue weighted by atomic mass is 32.2. The van der Waals surface area contributed by atoms with Crippen molar-refractivity contribution < 1.29 is 31.9 Å². The summed E-state index contributed by atoms with van der Waals surface area (Å²) in [7, 11) is -2.58. The fourth-order valence-electron chi connectivity index (χ4n) is 2.85. The summed E-state index contributed by atoms with van der Waals surface area (Å²) in [5, 5.41) is 6.72. The molecule has 0 aliphatic carbocycles. The van der Waals surface area contributed by atoms with Gasteiger partial charge in [-0.25, -0.2) is 13.2 Å². The monoisotopic (exact) mass is 438 g/mol. The van der Waals surface area contributed by atoms with Crippen LogP contribution in [0.3, 0.4) is 0 Å². The molecule has 12 heteroatoms. The molecule has 2 heterocycles. The molecular weight excluding hydrogens is 416 g/mol. The molecular formula is C18H22N4O7S. The quantitative estimate of drug-likeness (QED) is 0.643. The predicted molar refractivity (Wildman–Crippen MR) is 104 cm³/mol. The highest BCUT2D eigenvalue weighted by molar-refractivity contribution is 7.91. The molecule has 0 unspecified atom stereocenters. The molecule has 0 radical (unpaired) electrons. The molecule has 0 N–H and O–H groups in total. The molecule has 3 rings (SSSR count). The summed E-state index contributed by atoms with van der Waals surface area (Å²) >= 11 is 0. The van der Waals surface area contributed by atoms with Crippen LogP contribution in [0.25, 0.3) is 11.5 Å². The van der Waals surface area contributed by atoms with Crippen molar-refractivity contribution in [3.05, 3.63) is 24.3 Å². The van der Waals surface area contributed by atoms with Gasteiger partial charge in [0.05, 0.1) is 13.7 Å². The van der Waals surface area contributed by atoms with Crippen molar-refractivity contribution in [1.29, 1.82) is 0 Å². The summed E-state index contributed by atoms with van der Waals surface area (Å²) in [4.78, 5) is 27.0. The maximum absolute atomic E-state index is 12.5. The van der Waals surface area contributed by atoms with Crippen LogP contribution in [0.1, 0.15) is 6.92 Å². The van der Waals surface area contributed by atoms with Gasteiger partial charge in [0.2, 0.25) is 21.6 Å². The van der Waals surface area contributed by atoms with Crippen LogP contribution in [-0.2, 0) is 19.4 Å². The van der Waals surface area contributed by atoms with Gasteiger partial charge in [0.15, 0.2) is 0 Å². The van der Waals surface area contributed by atoms with Gasteiger partial charge in [-0.05, 0) is 31.2 Å². The lowest BCUT2D eigenvalue weighted by Crippen LogP contribution is -2.51. The Balaban J connectivity index is 1.62. The fourth-order valence-corrected chi connectivity index (χ4v) is 3.86. The van der Waals surface area contributed by atoms with Crippen molar-refractivity contribution in [1.82, 2.24) is 20.0 Å². The van der Waals surface area contributed by atoms with Gasteiger partial charge in [-0.15, -0.1) is 5.10 Å². The van der Waals surface area contributed by atoms with E-state index in [0.717, 1.165) is 0 Å². The summed E-state index contributed by atoms with van der Waals surface area (Å²) in [5.41, 5.74) is 0.520. The van der Waals surface area contributed by atoms with Crippen LogP contribution in [0.5, 0.6) is 5.75 Å². The molecule has 162 valence electrons. The highest BCUT2D eigenvalue weighted by Gasteiger charge is 2.31. The lowest BCUT2D eigenvalue weighted by Gasteiger charge is -2.33. The highest BCUT2D eigenvalue weighted by Crippen LogP contribution is 2.23. The van der Waals surface area contributed by atoms with Crippen molar-refractivity contribution in [2.24, 2.45) is 0 Å². The van der Waals surface area contributed by atoms with Crippen LogP contribution in [0.15, 0.2) is 33.9 Å². The van der Waals surface area contributed by atoms with Crippen molar-refractivity contribution in [3.8, 4) is 17.2 Å². The molecule has 1 aromatic carbocycles. The van der Waals surface area contributed by atoms with Crippen molar-refractivity contribution in [2.45, 2.75) is 12.1 Å². The Morgan fingerprint density at radius 1 is 1.07 bits per heavy atom. The number of aromatic nitrogens is 2. The number of nitrogens with zero attached hydrogens (tertiary/aromatic N) is 4. The largest absolute Gasteiger partial charge is 0.497 e. The number of carbonyl (C=O) groups excluding carboxylic acids is 2. The molecule has 0 saturated carbocycles. The third-order valence-corrected chi connectivity index (χ3v) is 5.81. The van der Waals surface area contributed by atoms with Gasteiger partial charge < -0.3 is 23.7 Å². The molecule has 1 saturated heterocycles. The van der Waals surface area contributed by atoms with E-state index in [2.05, 4.69) is 10.2 Å². The second-order valence-corrected chi connectivity index (χ2v) is 8.29. The van der Waals surface area contributed by atoms with Crippen LogP contribution in [0.4, 0.5) is 4.79 Å². The normalized spacial score (nSPS) is 14.5. The Bertz CT molecular complexity index is 996. The number of carbonyl (C=O) groups is 2. The molecule has 1 aromatic heterocycles. The van der Waals surface area contributed by atoms with Gasteiger partial charge in [-0.2, -0.15) is 0 Å². The van der Waals surface area contributed by atoms with E-state index in [9.17, 15) is 18.0 Å². The minimum atomic E-state index is -4.11. The van der Waals surface area contributed by atoms with Crippen molar-refractivity contribution in [2.75, 3.05) is 45.6 Å². The smallest absolute Gasteiger partial charge is 0.409 e. The van der Waals surface area contributed by atoms with E-state index in [-0.39, 0.29) is 38.7 Å². The topological polar surface area (TPSA) is 132 Å². The maximum Gasteiger partial charge on any atom is 0.409 e. The molecule has 2 aromatic rings. The van der Waals surface area contributed by atoms with Gasteiger partial charge in [-0.3, -0.25) is 4.79 Å². The molecule has 1 aliphatic heterocycles. The van der Waals surface area contributed by atoms with Gasteiger partial charge in [0.25, 0.3) is 0 Å². The second-order valence-electron chi connectivity index (χ2n) is 6.43. The maximum atomic E-state index is 12.5. The molecule has 0 atom stereocenters. The van der Waals surface area contributed by atoms with Crippen LogP contribution in [-0.4, -0.2) is 86.1 Å². The second kappa shape index (κ2) is 9.11. The summed E-state index contributed by atoms with van der Waals surface area (Å²) < 4.78 is 40.3. The van der Waals surface area contributed by atoms with E-state index in [1.54, 1.807) is 31.2 Å². The van der Waals surface area contributed by atoms with E-state index < -0.39 is 32.8 Å². The zero-order chi connectivity index (χ0) is 21.7. The zero-order valence-electron chi connectivity index (χ0n) is 16.6. The third kappa shape index (κ3) is 4.87. The van der Waals surface area contributed by atoms with Gasteiger partial charge in [0, 0.05) is 31.7 Å². The van der Waals surface area contributed by atoms with Crippen LogP contribution >= 0.6 is 0 Å². The predicted octanol–water partition coefficient (Wildman–Crippen LogP) is 0.820. The minimum Gasteiger partial charge on any atom is -0.497 e. The van der Waals surface area contributed by atoms with Crippen LogP contribution < -0.4 is 4.74 Å². The van der Waals surface area contributed by atoms with Gasteiger partial charge >= 0.3 is 11.3 Å². The Morgan fingerprint density at radius 2 is 1.70 bits per heavy atom. The Labute approximate surface area is 173 Å². The Kier molecular flexibility index (Phi) is 6.55. The number of benzene rings is 1. The number of piperazine rings is 1. The van der Waals surface area contributed by atoms with Crippen LogP contribution in [0.2, 0.25) is 0 Å². The fraction of sp³-hybridized carbons (Fsp3) is 0.444. The standard InChI is InChI=1S/C18H22N4O7S/c1-3-28-18(24)22-10-8-21(9-11-22)15(23)12-30(25,26)17-20-19-16(29-17)13-4-6-14(27-2)7-5-13/h4-7H,3,8-12H2,1-2H3. The molecule has 0 spiro atoms. The van der Waals surface area contributed by atoms with E-state index >= 15 is 0 Å². The number of hydrogen-bond acceptors (Lipinski definition) is 9. The van der Waals surface area contributed by atoms with E-state index in [4.69, 9.17) is 13.9 Å². The van der Waals surface area contributed by atoms with Crippen molar-refractivity contribution >= 4 is 21.8 Å². The average molecular weight is 438 g/mol. The van der Waals surface area contributed by atoms with E-state index in [1.165, 1.54) is 16.9 Å². The summed E-state index contributed by atoms with van der Waals surface area (Å²) in [6, 6.07) is 6.65. The number of sulfone groups is 1. The molecule has 0 bridgehead atoms.